The van der Waals surface area contributed by atoms with Gasteiger partial charge in [-0.2, -0.15) is 0 Å². The van der Waals surface area contributed by atoms with Crippen molar-refractivity contribution < 1.29 is 18.3 Å². The number of amides is 1. The lowest BCUT2D eigenvalue weighted by molar-refractivity contribution is -0.136. The van der Waals surface area contributed by atoms with Crippen molar-refractivity contribution in [2.45, 2.75) is 63.7 Å². The maximum absolute atomic E-state index is 12.0. The summed E-state index contributed by atoms with van der Waals surface area (Å²) in [6.07, 6.45) is 2.77. The Morgan fingerprint density at radius 2 is 1.58 bits per heavy atom. The summed E-state index contributed by atoms with van der Waals surface area (Å²) in [5, 5.41) is 10.5. The van der Waals surface area contributed by atoms with E-state index < -0.39 is 26.3 Å². The molecule has 1 saturated heterocycles. The zero-order valence-corrected chi connectivity index (χ0v) is 12.9. The monoisotopic (exact) mass is 289 g/mol. The average Bonchev–Trinajstić information content (AvgIpc) is 2.30. The number of hydrogen-bond acceptors (Lipinski definition) is 4. The normalized spacial score (nSPS) is 30.8. The number of nitrogens with zero attached hydrogens (tertiary/aromatic N) is 1. The first-order valence-corrected chi connectivity index (χ1v) is 8.15. The SMILES string of the molecule is CC1(C)CCC(O)(CN2C(=O)C(C)(C)S2(=O)=O)CC1. The van der Waals surface area contributed by atoms with Crippen molar-refractivity contribution >= 4 is 15.9 Å². The molecular weight excluding hydrogens is 266 g/mol. The van der Waals surface area contributed by atoms with Crippen LogP contribution in [0.2, 0.25) is 0 Å². The molecule has 2 rings (SSSR count). The van der Waals surface area contributed by atoms with Crippen molar-refractivity contribution in [3.8, 4) is 0 Å². The molecule has 1 heterocycles. The van der Waals surface area contributed by atoms with E-state index in [0.717, 1.165) is 17.1 Å². The Morgan fingerprint density at radius 1 is 1.11 bits per heavy atom. The van der Waals surface area contributed by atoms with Gasteiger partial charge in [-0.05, 0) is 44.9 Å². The molecular formula is C13H23NO4S. The van der Waals surface area contributed by atoms with E-state index in [9.17, 15) is 18.3 Å². The van der Waals surface area contributed by atoms with Gasteiger partial charge in [-0.3, -0.25) is 4.79 Å². The van der Waals surface area contributed by atoms with Crippen LogP contribution in [-0.2, 0) is 14.8 Å². The fraction of sp³-hybridized carbons (Fsp3) is 0.923. The summed E-state index contributed by atoms with van der Waals surface area (Å²) in [7, 11) is -3.59. The number of rotatable bonds is 2. The van der Waals surface area contributed by atoms with Gasteiger partial charge in [-0.1, -0.05) is 13.8 Å². The van der Waals surface area contributed by atoms with Crippen molar-refractivity contribution in [1.82, 2.24) is 4.31 Å². The van der Waals surface area contributed by atoms with E-state index in [2.05, 4.69) is 13.8 Å². The first-order chi connectivity index (χ1) is 8.41. The first-order valence-electron chi connectivity index (χ1n) is 6.71. The van der Waals surface area contributed by atoms with E-state index in [1.54, 1.807) is 0 Å². The topological polar surface area (TPSA) is 74.7 Å². The van der Waals surface area contributed by atoms with E-state index in [4.69, 9.17) is 0 Å². The van der Waals surface area contributed by atoms with Crippen molar-refractivity contribution in [2.75, 3.05) is 6.54 Å². The van der Waals surface area contributed by atoms with Gasteiger partial charge in [0.2, 0.25) is 0 Å². The van der Waals surface area contributed by atoms with Gasteiger partial charge in [0.15, 0.2) is 4.75 Å². The molecule has 1 amide bonds. The smallest absolute Gasteiger partial charge is 0.258 e. The highest BCUT2D eigenvalue weighted by Crippen LogP contribution is 2.43. The highest BCUT2D eigenvalue weighted by molar-refractivity contribution is 7.94. The highest BCUT2D eigenvalue weighted by atomic mass is 32.2. The van der Waals surface area contributed by atoms with Gasteiger partial charge < -0.3 is 5.11 Å². The van der Waals surface area contributed by atoms with Crippen LogP contribution in [0.15, 0.2) is 0 Å². The molecule has 19 heavy (non-hydrogen) atoms. The van der Waals surface area contributed by atoms with Gasteiger partial charge in [0.1, 0.15) is 0 Å². The van der Waals surface area contributed by atoms with Gasteiger partial charge >= 0.3 is 0 Å². The quantitative estimate of drug-likeness (QED) is 0.830. The Bertz CT molecular complexity index is 497. The Kier molecular flexibility index (Phi) is 3.07. The zero-order chi connectivity index (χ0) is 14.7. The van der Waals surface area contributed by atoms with Gasteiger partial charge in [0.05, 0.1) is 12.1 Å². The van der Waals surface area contributed by atoms with E-state index >= 15 is 0 Å². The van der Waals surface area contributed by atoms with Crippen molar-refractivity contribution in [3.63, 3.8) is 0 Å². The molecule has 2 fully saturated rings. The van der Waals surface area contributed by atoms with Gasteiger partial charge in [-0.15, -0.1) is 0 Å². The number of hydrogen-bond donors (Lipinski definition) is 1. The Labute approximate surface area is 115 Å². The fourth-order valence-corrected chi connectivity index (χ4v) is 4.34. The fourth-order valence-electron chi connectivity index (χ4n) is 2.73. The molecule has 5 nitrogen and oxygen atoms in total. The van der Waals surface area contributed by atoms with E-state index in [0.29, 0.717) is 12.8 Å². The molecule has 1 aliphatic heterocycles. The minimum Gasteiger partial charge on any atom is -0.388 e. The lowest BCUT2D eigenvalue weighted by Crippen LogP contribution is -2.69. The molecule has 6 heteroatoms. The summed E-state index contributed by atoms with van der Waals surface area (Å²) >= 11 is 0. The van der Waals surface area contributed by atoms with Crippen LogP contribution >= 0.6 is 0 Å². The Morgan fingerprint density at radius 3 is 2.00 bits per heavy atom. The average molecular weight is 289 g/mol. The maximum atomic E-state index is 12.0. The molecule has 1 saturated carbocycles. The number of β-amino-alcohol motifs (C(OH)–C–C–N with tert-alkyl or cyclic N) is 1. The van der Waals surface area contributed by atoms with Crippen LogP contribution in [-0.4, -0.2) is 40.6 Å². The van der Waals surface area contributed by atoms with Crippen LogP contribution in [0, 0.1) is 5.41 Å². The minimum atomic E-state index is -3.59. The molecule has 0 spiro atoms. The molecule has 2 aliphatic rings. The number of aliphatic hydroxyl groups is 1. The molecule has 0 unspecified atom stereocenters. The van der Waals surface area contributed by atoms with Gasteiger partial charge in [-0.25, -0.2) is 12.7 Å². The molecule has 0 aromatic heterocycles. The van der Waals surface area contributed by atoms with Crippen molar-refractivity contribution in [3.05, 3.63) is 0 Å². The zero-order valence-electron chi connectivity index (χ0n) is 12.1. The molecule has 1 aliphatic carbocycles. The third-order valence-electron chi connectivity index (χ3n) is 4.65. The van der Waals surface area contributed by atoms with Crippen LogP contribution in [0.3, 0.4) is 0 Å². The molecule has 0 atom stereocenters. The summed E-state index contributed by atoms with van der Waals surface area (Å²) in [5.41, 5.74) is -0.877. The molecule has 110 valence electrons. The largest absolute Gasteiger partial charge is 0.388 e. The second-order valence-electron chi connectivity index (χ2n) is 7.22. The summed E-state index contributed by atoms with van der Waals surface area (Å²) < 4.78 is 23.6. The molecule has 0 radical (unpaired) electrons. The maximum Gasteiger partial charge on any atom is 0.258 e. The highest BCUT2D eigenvalue weighted by Gasteiger charge is 2.61. The van der Waals surface area contributed by atoms with Gasteiger partial charge in [0, 0.05) is 0 Å². The summed E-state index contributed by atoms with van der Waals surface area (Å²) in [5.74, 6) is -0.411. The summed E-state index contributed by atoms with van der Waals surface area (Å²) in [4.78, 5) is 11.9. The predicted octanol–water partition coefficient (Wildman–Crippen LogP) is 1.27. The number of carbonyl (C=O) groups excluding carboxylic acids is 1. The second kappa shape index (κ2) is 3.95. The van der Waals surface area contributed by atoms with Crippen LogP contribution < -0.4 is 0 Å². The number of carbonyl (C=O) groups is 1. The lowest BCUT2D eigenvalue weighted by atomic mass is 9.71. The molecule has 0 aromatic rings. The standard InChI is InChI=1S/C13H23NO4S/c1-11(2)5-7-13(16,8-6-11)9-14-10(15)12(3,4)19(14,17)18/h16H,5-9H2,1-4H3. The molecule has 1 N–H and O–H groups in total. The lowest BCUT2D eigenvalue weighted by Gasteiger charge is -2.48. The molecule has 0 bridgehead atoms. The number of sulfonamides is 1. The van der Waals surface area contributed by atoms with Crippen LogP contribution in [0.1, 0.15) is 53.4 Å². The van der Waals surface area contributed by atoms with Gasteiger partial charge in [0.25, 0.3) is 15.9 Å². The Hall–Kier alpha value is -0.620. The van der Waals surface area contributed by atoms with E-state index in [1.807, 2.05) is 0 Å². The van der Waals surface area contributed by atoms with Crippen molar-refractivity contribution in [1.29, 1.82) is 0 Å². The van der Waals surface area contributed by atoms with Crippen LogP contribution in [0.25, 0.3) is 0 Å². The van der Waals surface area contributed by atoms with E-state index in [1.165, 1.54) is 13.8 Å². The van der Waals surface area contributed by atoms with Crippen molar-refractivity contribution in [2.24, 2.45) is 5.41 Å². The third kappa shape index (κ3) is 2.18. The second-order valence-corrected chi connectivity index (χ2v) is 9.63. The van der Waals surface area contributed by atoms with E-state index in [-0.39, 0.29) is 12.0 Å². The van der Waals surface area contributed by atoms with Crippen LogP contribution in [0.5, 0.6) is 0 Å². The predicted molar refractivity (Wildman–Crippen MR) is 71.9 cm³/mol. The first kappa shape index (κ1) is 14.8. The minimum absolute atomic E-state index is 0.0896. The summed E-state index contributed by atoms with van der Waals surface area (Å²) in [6.45, 7) is 7.01. The Balaban J connectivity index is 2.10. The summed E-state index contributed by atoms with van der Waals surface area (Å²) in [6, 6.07) is 0. The molecule has 0 aromatic carbocycles. The third-order valence-corrected chi connectivity index (χ3v) is 6.99. The van der Waals surface area contributed by atoms with Crippen LogP contribution in [0.4, 0.5) is 0 Å².